The Morgan fingerprint density at radius 3 is 3.00 bits per heavy atom. The van der Waals surface area contributed by atoms with Gasteiger partial charge in [0.1, 0.15) is 6.33 Å². The highest BCUT2D eigenvalue weighted by atomic mass is 35.5. The van der Waals surface area contributed by atoms with Gasteiger partial charge in [-0.2, -0.15) is 26.7 Å². The number of hydrogen-bond acceptors (Lipinski definition) is 6. The number of hydrogen-bond donors (Lipinski definition) is 1. The van der Waals surface area contributed by atoms with Gasteiger partial charge >= 0.3 is 0 Å². The zero-order valence-electron chi connectivity index (χ0n) is 11.7. The molecule has 0 amide bonds. The lowest BCUT2D eigenvalue weighted by Crippen LogP contribution is -2.29. The zero-order valence-corrected chi connectivity index (χ0v) is 13.3. The molecule has 0 bridgehead atoms. The molecule has 21 heavy (non-hydrogen) atoms. The van der Waals surface area contributed by atoms with Crippen molar-refractivity contribution in [3.8, 4) is 5.95 Å². The van der Waals surface area contributed by atoms with Crippen molar-refractivity contribution in [3.63, 3.8) is 0 Å². The number of rotatable bonds is 4. The zero-order chi connectivity index (χ0) is 14.7. The number of nitrogens with one attached hydrogen (secondary N) is 1. The van der Waals surface area contributed by atoms with Crippen LogP contribution in [0.2, 0.25) is 5.28 Å². The topological polar surface area (TPSA) is 68.5 Å². The summed E-state index contributed by atoms with van der Waals surface area (Å²) in [5.74, 6) is 1.01. The fraction of sp³-hybridized carbons (Fsp3) is 0.538. The van der Waals surface area contributed by atoms with E-state index in [-0.39, 0.29) is 5.28 Å². The molecule has 0 aromatic carbocycles. The van der Waals surface area contributed by atoms with Crippen LogP contribution < -0.4 is 5.32 Å². The highest BCUT2D eigenvalue weighted by Gasteiger charge is 2.22. The summed E-state index contributed by atoms with van der Waals surface area (Å²) < 4.78 is 1.71. The summed E-state index contributed by atoms with van der Waals surface area (Å²) in [6.07, 6.45) is 12.1. The van der Waals surface area contributed by atoms with E-state index in [9.17, 15) is 0 Å². The maximum atomic E-state index is 6.00. The van der Waals surface area contributed by atoms with E-state index in [1.165, 1.54) is 12.8 Å². The van der Waals surface area contributed by atoms with Gasteiger partial charge in [0.15, 0.2) is 0 Å². The lowest BCUT2D eigenvalue weighted by atomic mass is 9.95. The molecular formula is C13H17ClN6S. The highest BCUT2D eigenvalue weighted by Crippen LogP contribution is 2.28. The van der Waals surface area contributed by atoms with Crippen LogP contribution >= 0.6 is 23.4 Å². The summed E-state index contributed by atoms with van der Waals surface area (Å²) in [6.45, 7) is 0. The molecule has 2 aromatic heterocycles. The average Bonchev–Trinajstić information content (AvgIpc) is 3.01. The van der Waals surface area contributed by atoms with Gasteiger partial charge in [-0.15, -0.1) is 0 Å². The molecule has 2 atom stereocenters. The minimum atomic E-state index is 0.188. The number of imidazole rings is 1. The van der Waals surface area contributed by atoms with E-state index in [1.54, 1.807) is 23.3 Å². The van der Waals surface area contributed by atoms with E-state index in [2.05, 4.69) is 31.5 Å². The van der Waals surface area contributed by atoms with Crippen LogP contribution in [0.1, 0.15) is 25.7 Å². The predicted molar refractivity (Wildman–Crippen MR) is 85.1 cm³/mol. The van der Waals surface area contributed by atoms with Crippen LogP contribution in [0.3, 0.4) is 0 Å². The number of halogens is 1. The van der Waals surface area contributed by atoms with Crippen molar-refractivity contribution in [1.82, 2.24) is 24.5 Å². The van der Waals surface area contributed by atoms with Gasteiger partial charge in [0, 0.05) is 23.7 Å². The smallest absolute Gasteiger partial charge is 0.241 e. The summed E-state index contributed by atoms with van der Waals surface area (Å²) in [6, 6.07) is 0.394. The van der Waals surface area contributed by atoms with Gasteiger partial charge in [0.05, 0.1) is 0 Å². The highest BCUT2D eigenvalue weighted by molar-refractivity contribution is 7.99. The lowest BCUT2D eigenvalue weighted by molar-refractivity contribution is 0.471. The molecule has 112 valence electrons. The fourth-order valence-electron chi connectivity index (χ4n) is 2.57. The number of nitrogens with zero attached hydrogens (tertiary/aromatic N) is 5. The first kappa shape index (κ1) is 14.6. The molecule has 0 radical (unpaired) electrons. The Morgan fingerprint density at radius 2 is 2.24 bits per heavy atom. The molecule has 1 saturated carbocycles. The molecule has 6 nitrogen and oxygen atoms in total. The molecule has 1 N–H and O–H groups in total. The third-order valence-electron chi connectivity index (χ3n) is 3.62. The van der Waals surface area contributed by atoms with Crippen molar-refractivity contribution >= 4 is 29.3 Å². The van der Waals surface area contributed by atoms with E-state index in [0.717, 1.165) is 12.8 Å². The normalized spacial score (nSPS) is 22.2. The Kier molecular flexibility index (Phi) is 4.60. The summed E-state index contributed by atoms with van der Waals surface area (Å²) in [5.41, 5.74) is 0. The molecule has 2 heterocycles. The van der Waals surface area contributed by atoms with Crippen molar-refractivity contribution in [2.45, 2.75) is 37.0 Å². The van der Waals surface area contributed by atoms with Crippen LogP contribution in [0.15, 0.2) is 18.7 Å². The second-order valence-corrected chi connectivity index (χ2v) is 6.54. The van der Waals surface area contributed by atoms with Crippen molar-refractivity contribution in [3.05, 3.63) is 24.0 Å². The van der Waals surface area contributed by atoms with Crippen LogP contribution in [-0.4, -0.2) is 42.1 Å². The summed E-state index contributed by atoms with van der Waals surface area (Å²) in [7, 11) is 0. The van der Waals surface area contributed by atoms with E-state index in [4.69, 9.17) is 11.6 Å². The predicted octanol–water partition coefficient (Wildman–Crippen LogP) is 2.80. The monoisotopic (exact) mass is 324 g/mol. The van der Waals surface area contributed by atoms with Gasteiger partial charge in [-0.25, -0.2) is 4.98 Å². The molecule has 1 aliphatic rings. The number of aromatic nitrogens is 5. The molecule has 0 saturated heterocycles. The molecule has 0 spiro atoms. The Labute approximate surface area is 132 Å². The SMILES string of the molecule is CSC1CCCC(Nc2nc(Cl)nc(-n3ccnc3)n2)C1. The van der Waals surface area contributed by atoms with Gasteiger partial charge < -0.3 is 5.32 Å². The summed E-state index contributed by atoms with van der Waals surface area (Å²) >= 11 is 7.93. The Morgan fingerprint density at radius 1 is 1.33 bits per heavy atom. The molecular weight excluding hydrogens is 308 g/mol. The quantitative estimate of drug-likeness (QED) is 0.932. The van der Waals surface area contributed by atoms with Gasteiger partial charge in [-0.05, 0) is 37.1 Å². The first-order valence-electron chi connectivity index (χ1n) is 6.94. The maximum Gasteiger partial charge on any atom is 0.241 e. The molecule has 2 aromatic rings. The van der Waals surface area contributed by atoms with Crippen LogP contribution in [0.4, 0.5) is 5.95 Å². The second-order valence-electron chi connectivity index (χ2n) is 5.06. The second kappa shape index (κ2) is 6.62. The summed E-state index contributed by atoms with van der Waals surface area (Å²) in [5, 5.41) is 4.29. The van der Waals surface area contributed by atoms with Gasteiger partial charge in [0.25, 0.3) is 0 Å². The fourth-order valence-corrected chi connectivity index (χ4v) is 3.55. The minimum absolute atomic E-state index is 0.188. The van der Waals surface area contributed by atoms with Crippen molar-refractivity contribution < 1.29 is 0 Å². The number of anilines is 1. The third-order valence-corrected chi connectivity index (χ3v) is 4.89. The molecule has 1 fully saturated rings. The maximum absolute atomic E-state index is 6.00. The Bertz CT molecular complexity index is 590. The minimum Gasteiger partial charge on any atom is -0.351 e. The average molecular weight is 325 g/mol. The van der Waals surface area contributed by atoms with Gasteiger partial charge in [-0.3, -0.25) is 4.57 Å². The van der Waals surface area contributed by atoms with Crippen molar-refractivity contribution in [1.29, 1.82) is 0 Å². The van der Waals surface area contributed by atoms with Gasteiger partial charge in [0.2, 0.25) is 17.2 Å². The largest absolute Gasteiger partial charge is 0.351 e. The molecule has 3 rings (SSSR count). The molecule has 0 aliphatic heterocycles. The van der Waals surface area contributed by atoms with E-state index < -0.39 is 0 Å². The molecule has 8 heteroatoms. The van der Waals surface area contributed by atoms with Crippen LogP contribution in [-0.2, 0) is 0 Å². The number of thioether (sulfide) groups is 1. The van der Waals surface area contributed by atoms with Crippen LogP contribution in [0.25, 0.3) is 5.95 Å². The first-order chi connectivity index (χ1) is 10.2. The van der Waals surface area contributed by atoms with E-state index in [0.29, 0.717) is 23.2 Å². The van der Waals surface area contributed by atoms with Crippen LogP contribution in [0.5, 0.6) is 0 Å². The summed E-state index contributed by atoms with van der Waals surface area (Å²) in [4.78, 5) is 16.7. The van der Waals surface area contributed by atoms with Gasteiger partial charge in [-0.1, -0.05) is 6.42 Å². The van der Waals surface area contributed by atoms with Crippen molar-refractivity contribution in [2.75, 3.05) is 11.6 Å². The van der Waals surface area contributed by atoms with Crippen molar-refractivity contribution in [2.24, 2.45) is 0 Å². The molecule has 1 aliphatic carbocycles. The first-order valence-corrected chi connectivity index (χ1v) is 8.60. The lowest BCUT2D eigenvalue weighted by Gasteiger charge is -2.28. The van der Waals surface area contributed by atoms with E-state index in [1.807, 2.05) is 11.8 Å². The third kappa shape index (κ3) is 3.65. The Hall–Kier alpha value is -1.34. The van der Waals surface area contributed by atoms with E-state index >= 15 is 0 Å². The Balaban J connectivity index is 1.76. The molecule has 2 unspecified atom stereocenters. The standard InChI is InChI=1S/C13H17ClN6S/c1-21-10-4-2-3-9(7-10)16-12-17-11(14)18-13(19-12)20-6-5-15-8-20/h5-6,8-10H,2-4,7H2,1H3,(H,16,17,18,19). The van der Waals surface area contributed by atoms with Crippen LogP contribution in [0, 0.1) is 0 Å².